The quantitative estimate of drug-likeness (QED) is 0.0872. The average Bonchev–Trinajstić information content (AvgIpc) is 3.90. The van der Waals surface area contributed by atoms with Crippen molar-refractivity contribution in [1.82, 2.24) is 39.8 Å². The molecule has 4 aliphatic rings. The van der Waals surface area contributed by atoms with E-state index in [1.165, 1.54) is 11.3 Å². The van der Waals surface area contributed by atoms with E-state index < -0.39 is 19.1 Å². The number of methoxy groups -OCH3 is 1. The highest BCUT2D eigenvalue weighted by Gasteiger charge is 2.39. The predicted molar refractivity (Wildman–Crippen MR) is 260 cm³/mol. The highest BCUT2D eigenvalue weighted by molar-refractivity contribution is 7.70. The second kappa shape index (κ2) is 19.5. The normalized spacial score (nSPS) is 18.5. The van der Waals surface area contributed by atoms with Gasteiger partial charge in [0.25, 0.3) is 5.91 Å². The number of aryl methyl sites for hydroxylation is 2. The molecule has 9 rings (SSSR count). The van der Waals surface area contributed by atoms with Gasteiger partial charge in [0.15, 0.2) is 0 Å². The minimum absolute atomic E-state index is 0.181. The topological polar surface area (TPSA) is 179 Å². The number of para-hydroxylation sites is 1. The molecule has 2 aromatic heterocycles. The Morgan fingerprint density at radius 3 is 2.40 bits per heavy atom. The van der Waals surface area contributed by atoms with E-state index in [4.69, 9.17) is 19.4 Å². The van der Waals surface area contributed by atoms with Crippen LogP contribution in [0.5, 0.6) is 11.5 Å². The van der Waals surface area contributed by atoms with Gasteiger partial charge < -0.3 is 34.5 Å². The summed E-state index contributed by atoms with van der Waals surface area (Å²) in [4.78, 5) is 56.0. The molecular weight excluding hydrogens is 870 g/mol. The maximum absolute atomic E-state index is 13.3. The molecule has 1 unspecified atom stereocenters. The van der Waals surface area contributed by atoms with Crippen LogP contribution in [0.1, 0.15) is 54.1 Å². The molecule has 0 radical (unpaired) electrons. The van der Waals surface area contributed by atoms with Gasteiger partial charge >= 0.3 is 0 Å². The first kappa shape index (κ1) is 45.8. The van der Waals surface area contributed by atoms with E-state index in [2.05, 4.69) is 54.8 Å². The highest BCUT2D eigenvalue weighted by Crippen LogP contribution is 2.41. The van der Waals surface area contributed by atoms with E-state index >= 15 is 0 Å². The zero-order valence-corrected chi connectivity index (χ0v) is 39.9. The summed E-state index contributed by atoms with van der Waals surface area (Å²) >= 11 is 0. The van der Waals surface area contributed by atoms with Crippen LogP contribution in [0, 0.1) is 0 Å². The number of benzene rings is 3. The number of imide groups is 1. The third-order valence-electron chi connectivity index (χ3n) is 13.5. The number of piperazine rings is 1. The number of rotatable bonds is 15. The third kappa shape index (κ3) is 10.0. The van der Waals surface area contributed by atoms with Crippen LogP contribution in [-0.4, -0.2) is 137 Å². The minimum Gasteiger partial charge on any atom is -0.494 e. The Hall–Kier alpha value is -6.29. The van der Waals surface area contributed by atoms with Crippen LogP contribution in [0.2, 0.25) is 0 Å². The summed E-state index contributed by atoms with van der Waals surface area (Å²) in [5.41, 5.74) is 6.94. The van der Waals surface area contributed by atoms with Gasteiger partial charge in [0, 0.05) is 118 Å². The molecule has 0 saturated carbocycles. The molecule has 0 bridgehead atoms. The largest absolute Gasteiger partial charge is 0.494 e. The van der Waals surface area contributed by atoms with E-state index in [9.17, 15) is 18.9 Å². The molecule has 3 fully saturated rings. The lowest BCUT2D eigenvalue weighted by atomic mass is 9.99. The van der Waals surface area contributed by atoms with Gasteiger partial charge in [-0.2, -0.15) is 10.1 Å². The molecule has 352 valence electrons. The summed E-state index contributed by atoms with van der Waals surface area (Å²) < 4.78 is 27.2. The first-order valence-corrected chi connectivity index (χ1v) is 25.8. The number of fused-ring (bicyclic) bond motifs is 1. The Balaban J connectivity index is 0.785. The smallest absolute Gasteiger partial charge is 0.255 e. The number of piperidine rings is 2. The number of carbonyl (C=O) groups excluding carboxylic acids is 3. The number of anilines is 5. The first-order chi connectivity index (χ1) is 32.3. The van der Waals surface area contributed by atoms with Crippen LogP contribution in [0.25, 0.3) is 11.1 Å². The Morgan fingerprint density at radius 1 is 0.896 bits per heavy atom. The fourth-order valence-electron chi connectivity index (χ4n) is 9.82. The molecule has 1 atom stereocenters. The Bertz CT molecular complexity index is 2710. The van der Waals surface area contributed by atoms with Gasteiger partial charge in [0.2, 0.25) is 17.8 Å². The van der Waals surface area contributed by atoms with Crippen molar-refractivity contribution in [2.75, 3.05) is 88.4 Å². The van der Waals surface area contributed by atoms with Gasteiger partial charge in [0.1, 0.15) is 37.1 Å². The lowest BCUT2D eigenvalue weighted by molar-refractivity contribution is -0.136. The molecule has 18 heteroatoms. The van der Waals surface area contributed by atoms with Crippen LogP contribution in [-0.2, 0) is 34.2 Å². The number of nitrogens with zero attached hydrogens (tertiary/aromatic N) is 8. The van der Waals surface area contributed by atoms with Crippen LogP contribution in [0.4, 0.5) is 28.8 Å². The van der Waals surface area contributed by atoms with E-state index in [-0.39, 0.29) is 18.2 Å². The minimum atomic E-state index is -2.60. The van der Waals surface area contributed by atoms with Crippen LogP contribution < -0.4 is 35.6 Å². The van der Waals surface area contributed by atoms with Crippen molar-refractivity contribution in [2.24, 2.45) is 7.05 Å². The summed E-state index contributed by atoms with van der Waals surface area (Å²) in [6.07, 6.45) is 9.05. The van der Waals surface area contributed by atoms with Crippen molar-refractivity contribution in [3.63, 3.8) is 0 Å². The van der Waals surface area contributed by atoms with E-state index in [1.807, 2.05) is 49.6 Å². The van der Waals surface area contributed by atoms with E-state index in [0.717, 1.165) is 98.4 Å². The summed E-state index contributed by atoms with van der Waals surface area (Å²) in [7, 11) is 0.959. The van der Waals surface area contributed by atoms with Crippen LogP contribution in [0.15, 0.2) is 73.2 Å². The Labute approximate surface area is 391 Å². The SMILES string of the molecule is CCc1cc(Nc2ncc(-c3cnn(C)c3)c(Nc3ccccc3P(C)(C)=O)n2)c(OC)cc1N1CCC(N2CCN(CCOc3ccc4c(c3)CN(C3CCC(=O)NC3=O)C4=O)CC2)CC1. The first-order valence-electron chi connectivity index (χ1n) is 23.2. The van der Waals surface area contributed by atoms with E-state index in [1.54, 1.807) is 48.5 Å². The Kier molecular flexibility index (Phi) is 13.4. The fraction of sp³-hybridized carbons (Fsp3) is 0.429. The van der Waals surface area contributed by atoms with Crippen molar-refractivity contribution in [1.29, 1.82) is 0 Å². The summed E-state index contributed by atoms with van der Waals surface area (Å²) in [6, 6.07) is 17.3. The molecule has 4 aliphatic heterocycles. The highest BCUT2D eigenvalue weighted by atomic mass is 31.2. The number of aromatic nitrogens is 4. The molecule has 3 amide bonds. The van der Waals surface area contributed by atoms with Gasteiger partial charge in [0.05, 0.1) is 24.7 Å². The van der Waals surface area contributed by atoms with Gasteiger partial charge in [-0.15, -0.1) is 0 Å². The van der Waals surface area contributed by atoms with E-state index in [0.29, 0.717) is 54.4 Å². The average molecular weight is 930 g/mol. The monoisotopic (exact) mass is 929 g/mol. The summed E-state index contributed by atoms with van der Waals surface area (Å²) in [6.45, 7) is 13.3. The molecule has 67 heavy (non-hydrogen) atoms. The molecule has 0 aliphatic carbocycles. The van der Waals surface area contributed by atoms with Crippen LogP contribution >= 0.6 is 7.14 Å². The van der Waals surface area contributed by atoms with Crippen molar-refractivity contribution in [3.8, 4) is 22.6 Å². The number of hydrogen-bond acceptors (Lipinski definition) is 14. The molecule has 3 N–H and O–H groups in total. The number of amides is 3. The fourth-order valence-corrected chi connectivity index (χ4v) is 11.0. The number of nitrogens with one attached hydrogen (secondary N) is 3. The predicted octanol–water partition coefficient (Wildman–Crippen LogP) is 5.61. The zero-order valence-electron chi connectivity index (χ0n) is 39.0. The number of ether oxygens (including phenoxy) is 2. The Morgan fingerprint density at radius 2 is 1.69 bits per heavy atom. The van der Waals surface area contributed by atoms with Crippen molar-refractivity contribution < 1.29 is 28.4 Å². The van der Waals surface area contributed by atoms with Gasteiger partial charge in [-0.1, -0.05) is 19.1 Å². The number of hydrogen-bond donors (Lipinski definition) is 3. The summed E-state index contributed by atoms with van der Waals surface area (Å²) in [5.74, 6) is 1.49. The third-order valence-corrected chi connectivity index (χ3v) is 15.0. The van der Waals surface area contributed by atoms with Crippen molar-refractivity contribution >= 4 is 59.0 Å². The molecule has 0 spiro atoms. The van der Waals surface area contributed by atoms with Crippen molar-refractivity contribution in [3.05, 3.63) is 89.9 Å². The molecular formula is C49H60N11O6P. The van der Waals surface area contributed by atoms with Gasteiger partial charge in [-0.25, -0.2) is 4.98 Å². The second-order valence-corrected chi connectivity index (χ2v) is 21.4. The molecule has 3 aromatic carbocycles. The standard InChI is InChI=1S/C49H60N11O6P/c1-6-32-26-40(53-49-50-29-38(34-28-51-56(2)30-34)46(55-49)52-39-9-7-8-10-44(39)67(4,5)64)43(65-3)27-42(32)59-17-15-35(16-18-59)58-21-19-57(20-22-58)23-24-66-36-11-12-37-33(25-36)31-60(48(37)63)41-13-14-45(61)54-47(41)62/h7-12,25-30,35,41H,6,13-24,31H2,1-5H3,(H,54,61,62)(H2,50,52,53,55). The van der Waals surface area contributed by atoms with Crippen LogP contribution in [0.3, 0.4) is 0 Å². The van der Waals surface area contributed by atoms with Gasteiger partial charge in [-0.05, 0) is 86.5 Å². The lowest BCUT2D eigenvalue weighted by Crippen LogP contribution is -2.53. The number of carbonyl (C=O) groups is 3. The van der Waals surface area contributed by atoms with Crippen molar-refractivity contribution in [2.45, 2.75) is 57.7 Å². The van der Waals surface area contributed by atoms with Gasteiger partial charge in [-0.3, -0.25) is 34.2 Å². The maximum Gasteiger partial charge on any atom is 0.255 e. The summed E-state index contributed by atoms with van der Waals surface area (Å²) in [5, 5.41) is 14.4. The molecule has 6 heterocycles. The maximum atomic E-state index is 13.3. The molecule has 5 aromatic rings. The molecule has 17 nitrogen and oxygen atoms in total. The molecule has 3 saturated heterocycles. The lowest BCUT2D eigenvalue weighted by Gasteiger charge is -2.43. The zero-order chi connectivity index (χ0) is 46.8. The second-order valence-electron chi connectivity index (χ2n) is 18.2.